The van der Waals surface area contributed by atoms with E-state index in [0.29, 0.717) is 12.2 Å². The van der Waals surface area contributed by atoms with E-state index in [4.69, 9.17) is 10.00 Å². The maximum absolute atomic E-state index is 13.4. The number of rotatable bonds is 5. The highest BCUT2D eigenvalue weighted by atomic mass is 19.1. The Hall–Kier alpha value is -2.22. The first-order valence-electron chi connectivity index (χ1n) is 9.13. The predicted octanol–water partition coefficient (Wildman–Crippen LogP) is 4.84. The molecule has 0 fully saturated rings. The number of ether oxygens (including phenoxy) is 1. The van der Waals surface area contributed by atoms with Crippen molar-refractivity contribution in [2.24, 2.45) is 0 Å². The Morgan fingerprint density at radius 3 is 2.46 bits per heavy atom. The van der Waals surface area contributed by atoms with Crippen LogP contribution in [-0.2, 0) is 16.9 Å². The second-order valence-electron chi connectivity index (χ2n) is 6.51. The smallest absolute Gasteiger partial charge is 0.123 e. The Kier molecular flexibility index (Phi) is 6.90. The quantitative estimate of drug-likeness (QED) is 0.771. The molecule has 1 aliphatic heterocycles. The van der Waals surface area contributed by atoms with Crippen LogP contribution in [0.15, 0.2) is 42.5 Å². The van der Waals surface area contributed by atoms with Gasteiger partial charge in [-0.1, -0.05) is 32.0 Å². The summed E-state index contributed by atoms with van der Waals surface area (Å²) in [5.74, 6) is -0.250. The van der Waals surface area contributed by atoms with Crippen molar-refractivity contribution in [3.63, 3.8) is 0 Å². The monoisotopic (exact) mass is 354 g/mol. The van der Waals surface area contributed by atoms with Crippen LogP contribution in [0.3, 0.4) is 0 Å². The van der Waals surface area contributed by atoms with Gasteiger partial charge in [0.15, 0.2) is 0 Å². The molecule has 0 saturated carbocycles. The van der Waals surface area contributed by atoms with Crippen molar-refractivity contribution < 1.29 is 9.13 Å². The highest BCUT2D eigenvalue weighted by Gasteiger charge is 2.41. The van der Waals surface area contributed by atoms with E-state index in [-0.39, 0.29) is 5.82 Å². The number of fused-ring (bicyclic) bond motifs is 1. The van der Waals surface area contributed by atoms with Gasteiger partial charge in [-0.25, -0.2) is 4.39 Å². The van der Waals surface area contributed by atoms with E-state index in [2.05, 4.69) is 11.0 Å². The van der Waals surface area contributed by atoms with E-state index in [1.807, 2.05) is 46.1 Å². The van der Waals surface area contributed by atoms with Gasteiger partial charge in [0.2, 0.25) is 0 Å². The lowest BCUT2D eigenvalue weighted by Crippen LogP contribution is -2.28. The van der Waals surface area contributed by atoms with Crippen molar-refractivity contribution in [2.45, 2.75) is 38.9 Å². The molecule has 1 atom stereocenters. The van der Waals surface area contributed by atoms with Crippen LogP contribution < -0.4 is 0 Å². The summed E-state index contributed by atoms with van der Waals surface area (Å²) in [6.45, 7) is 5.43. The minimum absolute atomic E-state index is 0.250. The summed E-state index contributed by atoms with van der Waals surface area (Å²) in [5, 5.41) is 9.11. The fourth-order valence-electron chi connectivity index (χ4n) is 3.41. The van der Waals surface area contributed by atoms with Crippen LogP contribution in [0.25, 0.3) is 0 Å². The normalized spacial score (nSPS) is 18.0. The Bertz CT molecular complexity index is 765. The molecule has 3 rings (SSSR count). The molecule has 2 aromatic carbocycles. The van der Waals surface area contributed by atoms with Crippen molar-refractivity contribution in [3.8, 4) is 6.07 Å². The van der Waals surface area contributed by atoms with Crippen LogP contribution in [0.4, 0.5) is 4.39 Å². The second kappa shape index (κ2) is 8.93. The average Bonchev–Trinajstić information content (AvgIpc) is 3.02. The van der Waals surface area contributed by atoms with Crippen LogP contribution in [0.2, 0.25) is 0 Å². The highest BCUT2D eigenvalue weighted by Crippen LogP contribution is 2.45. The summed E-state index contributed by atoms with van der Waals surface area (Å²) in [5.41, 5.74) is 3.18. The zero-order chi connectivity index (χ0) is 19.2. The van der Waals surface area contributed by atoms with E-state index < -0.39 is 5.60 Å². The largest absolute Gasteiger partial charge is 0.361 e. The van der Waals surface area contributed by atoms with E-state index in [1.54, 1.807) is 12.1 Å². The summed E-state index contributed by atoms with van der Waals surface area (Å²) in [6.07, 6.45) is 1.78. The molecular weight excluding hydrogens is 327 g/mol. The molecule has 0 aliphatic carbocycles. The fraction of sp³-hybridized carbons (Fsp3) is 0.409. The first-order valence-corrected chi connectivity index (χ1v) is 9.13. The molecule has 3 nitrogen and oxygen atoms in total. The van der Waals surface area contributed by atoms with Crippen LogP contribution in [0, 0.1) is 17.1 Å². The predicted molar refractivity (Wildman–Crippen MR) is 102 cm³/mol. The summed E-state index contributed by atoms with van der Waals surface area (Å²) >= 11 is 0. The van der Waals surface area contributed by atoms with Gasteiger partial charge >= 0.3 is 0 Å². The molecule has 0 radical (unpaired) electrons. The molecule has 0 unspecified atom stereocenters. The molecule has 0 saturated heterocycles. The fourth-order valence-corrected chi connectivity index (χ4v) is 3.41. The van der Waals surface area contributed by atoms with Gasteiger partial charge in [0, 0.05) is 0 Å². The molecule has 0 spiro atoms. The summed E-state index contributed by atoms with van der Waals surface area (Å²) in [6, 6.07) is 14.5. The zero-order valence-corrected chi connectivity index (χ0v) is 16.1. The molecule has 0 amide bonds. The van der Waals surface area contributed by atoms with Gasteiger partial charge in [-0.15, -0.1) is 0 Å². The van der Waals surface area contributed by atoms with Gasteiger partial charge < -0.3 is 9.64 Å². The van der Waals surface area contributed by atoms with Crippen molar-refractivity contribution in [2.75, 3.05) is 20.6 Å². The van der Waals surface area contributed by atoms with Crippen LogP contribution in [0.1, 0.15) is 48.9 Å². The number of benzene rings is 2. The van der Waals surface area contributed by atoms with Crippen LogP contribution in [-0.4, -0.2) is 25.5 Å². The lowest BCUT2D eigenvalue weighted by Gasteiger charge is -2.31. The van der Waals surface area contributed by atoms with E-state index in [0.717, 1.165) is 36.1 Å². The number of nitriles is 1. The number of halogens is 1. The third-order valence-electron chi connectivity index (χ3n) is 4.59. The maximum atomic E-state index is 13.4. The van der Waals surface area contributed by atoms with Gasteiger partial charge in [0.05, 0.1) is 18.2 Å². The third kappa shape index (κ3) is 4.12. The molecule has 0 aromatic heterocycles. The molecule has 1 heterocycles. The SMILES string of the molecule is CC.CN(C)CCC[C@@]1(c2ccc(F)cc2)OCc2cc(C#N)ccc21. The Labute approximate surface area is 156 Å². The summed E-state index contributed by atoms with van der Waals surface area (Å²) in [7, 11) is 4.10. The average molecular weight is 354 g/mol. The number of nitrogens with zero attached hydrogens (tertiary/aromatic N) is 2. The number of hydrogen-bond acceptors (Lipinski definition) is 3. The highest BCUT2D eigenvalue weighted by molar-refractivity contribution is 5.47. The molecule has 26 heavy (non-hydrogen) atoms. The lowest BCUT2D eigenvalue weighted by atomic mass is 9.81. The molecular formula is C22H27FN2O. The third-order valence-corrected chi connectivity index (χ3v) is 4.59. The zero-order valence-electron chi connectivity index (χ0n) is 16.1. The Balaban J connectivity index is 0.00000117. The van der Waals surface area contributed by atoms with Crippen LogP contribution >= 0.6 is 0 Å². The second-order valence-corrected chi connectivity index (χ2v) is 6.51. The molecule has 4 heteroatoms. The minimum atomic E-state index is -0.562. The molecule has 138 valence electrons. The topological polar surface area (TPSA) is 36.3 Å². The maximum Gasteiger partial charge on any atom is 0.123 e. The number of hydrogen-bond donors (Lipinski definition) is 0. The molecule has 0 bridgehead atoms. The molecule has 1 aliphatic rings. The van der Waals surface area contributed by atoms with Crippen molar-refractivity contribution in [1.29, 1.82) is 5.26 Å². The van der Waals surface area contributed by atoms with E-state index >= 15 is 0 Å². The van der Waals surface area contributed by atoms with Crippen molar-refractivity contribution in [3.05, 3.63) is 70.5 Å². The van der Waals surface area contributed by atoms with Gasteiger partial charge in [-0.2, -0.15) is 5.26 Å². The first-order chi connectivity index (χ1) is 12.5. The van der Waals surface area contributed by atoms with Gasteiger partial charge in [0.1, 0.15) is 11.4 Å². The van der Waals surface area contributed by atoms with Crippen molar-refractivity contribution in [1.82, 2.24) is 4.90 Å². The summed E-state index contributed by atoms with van der Waals surface area (Å²) in [4.78, 5) is 2.15. The van der Waals surface area contributed by atoms with Gasteiger partial charge in [-0.3, -0.25) is 0 Å². The van der Waals surface area contributed by atoms with E-state index in [1.165, 1.54) is 12.1 Å². The van der Waals surface area contributed by atoms with Crippen LogP contribution in [0.5, 0.6) is 0 Å². The lowest BCUT2D eigenvalue weighted by molar-refractivity contribution is -0.0140. The first kappa shape index (κ1) is 20.1. The molecule has 2 aromatic rings. The standard InChI is InChI=1S/C20H21FN2O.C2H6/c1-23(2)11-3-10-20(17-5-7-18(21)8-6-17)19-9-4-15(13-22)12-16(19)14-24-20;1-2/h4-9,12H,3,10-11,14H2,1-2H3;1-2H3/t20-;/m0./s1. The Morgan fingerprint density at radius 1 is 1.15 bits per heavy atom. The molecule has 0 N–H and O–H groups in total. The van der Waals surface area contributed by atoms with Crippen molar-refractivity contribution >= 4 is 0 Å². The van der Waals surface area contributed by atoms with E-state index in [9.17, 15) is 4.39 Å². The summed E-state index contributed by atoms with van der Waals surface area (Å²) < 4.78 is 19.6. The van der Waals surface area contributed by atoms with Gasteiger partial charge in [0.25, 0.3) is 0 Å². The Morgan fingerprint density at radius 2 is 1.85 bits per heavy atom. The van der Waals surface area contributed by atoms with Gasteiger partial charge in [-0.05, 0) is 74.4 Å². The minimum Gasteiger partial charge on any atom is -0.361 e.